The number of nitrogens with zero attached hydrogens (tertiary/aromatic N) is 1. The molecule has 0 spiro atoms. The zero-order chi connectivity index (χ0) is 16.4. The molecule has 23 heavy (non-hydrogen) atoms. The SMILES string of the molecule is COc1ccc(C2SCCN2S(=O)(=O)c2ccccc2)cc1Br. The van der Waals surface area contributed by atoms with Crippen LogP contribution in [0.2, 0.25) is 0 Å². The molecule has 2 aromatic rings. The van der Waals surface area contributed by atoms with Gasteiger partial charge in [-0.05, 0) is 45.8 Å². The monoisotopic (exact) mass is 413 g/mol. The molecule has 0 radical (unpaired) electrons. The zero-order valence-electron chi connectivity index (χ0n) is 12.5. The lowest BCUT2D eigenvalue weighted by Gasteiger charge is -2.24. The van der Waals surface area contributed by atoms with Crippen molar-refractivity contribution in [2.24, 2.45) is 0 Å². The van der Waals surface area contributed by atoms with Crippen LogP contribution in [0.25, 0.3) is 0 Å². The quantitative estimate of drug-likeness (QED) is 0.762. The first-order valence-corrected chi connectivity index (χ1v) is 10.3. The summed E-state index contributed by atoms with van der Waals surface area (Å²) in [5, 5.41) is -0.220. The molecule has 0 saturated carbocycles. The minimum atomic E-state index is -3.50. The van der Waals surface area contributed by atoms with Gasteiger partial charge in [-0.25, -0.2) is 8.42 Å². The Morgan fingerprint density at radius 2 is 1.96 bits per heavy atom. The number of hydrogen-bond acceptors (Lipinski definition) is 4. The van der Waals surface area contributed by atoms with Crippen molar-refractivity contribution in [3.05, 3.63) is 58.6 Å². The number of ether oxygens (including phenoxy) is 1. The summed E-state index contributed by atoms with van der Waals surface area (Å²) in [5.41, 5.74) is 0.944. The first-order valence-electron chi connectivity index (χ1n) is 7.06. The van der Waals surface area contributed by atoms with Crippen molar-refractivity contribution < 1.29 is 13.2 Å². The van der Waals surface area contributed by atoms with Gasteiger partial charge in [0.25, 0.3) is 0 Å². The van der Waals surface area contributed by atoms with Gasteiger partial charge in [0, 0.05) is 12.3 Å². The van der Waals surface area contributed by atoms with Gasteiger partial charge in [0.15, 0.2) is 0 Å². The summed E-state index contributed by atoms with van der Waals surface area (Å²) in [5.74, 6) is 1.51. The third kappa shape index (κ3) is 3.28. The molecule has 0 amide bonds. The molecule has 122 valence electrons. The molecular weight excluding hydrogens is 398 g/mol. The van der Waals surface area contributed by atoms with E-state index in [0.717, 1.165) is 21.5 Å². The fourth-order valence-corrected chi connectivity index (χ4v) is 6.34. The lowest BCUT2D eigenvalue weighted by molar-refractivity contribution is 0.410. The van der Waals surface area contributed by atoms with Crippen LogP contribution < -0.4 is 4.74 Å². The van der Waals surface area contributed by atoms with Crippen molar-refractivity contribution in [3.63, 3.8) is 0 Å². The van der Waals surface area contributed by atoms with Crippen LogP contribution in [0.15, 0.2) is 57.9 Å². The molecule has 4 nitrogen and oxygen atoms in total. The normalized spacial score (nSPS) is 19.0. The van der Waals surface area contributed by atoms with Gasteiger partial charge in [-0.3, -0.25) is 0 Å². The number of methoxy groups -OCH3 is 1. The predicted molar refractivity (Wildman–Crippen MR) is 96.2 cm³/mol. The van der Waals surface area contributed by atoms with E-state index < -0.39 is 10.0 Å². The van der Waals surface area contributed by atoms with E-state index in [0.29, 0.717) is 11.4 Å². The summed E-state index contributed by atoms with van der Waals surface area (Å²) in [6.45, 7) is 0.510. The van der Waals surface area contributed by atoms with Crippen molar-refractivity contribution in [1.29, 1.82) is 0 Å². The van der Waals surface area contributed by atoms with Gasteiger partial charge >= 0.3 is 0 Å². The Morgan fingerprint density at radius 1 is 1.22 bits per heavy atom. The first kappa shape index (κ1) is 16.8. The van der Waals surface area contributed by atoms with Gasteiger partial charge in [-0.15, -0.1) is 11.8 Å². The average Bonchev–Trinajstić information content (AvgIpc) is 3.06. The van der Waals surface area contributed by atoms with E-state index in [1.165, 1.54) is 0 Å². The summed E-state index contributed by atoms with van der Waals surface area (Å²) in [6.07, 6.45) is 0. The number of halogens is 1. The first-order chi connectivity index (χ1) is 11.0. The fourth-order valence-electron chi connectivity index (χ4n) is 2.53. The van der Waals surface area contributed by atoms with Crippen LogP contribution in [0.3, 0.4) is 0 Å². The van der Waals surface area contributed by atoms with E-state index in [1.54, 1.807) is 47.4 Å². The smallest absolute Gasteiger partial charge is 0.244 e. The molecule has 2 aromatic carbocycles. The predicted octanol–water partition coefficient (Wildman–Crippen LogP) is 3.89. The highest BCUT2D eigenvalue weighted by Gasteiger charge is 2.36. The van der Waals surface area contributed by atoms with Crippen LogP contribution in [0.5, 0.6) is 5.75 Å². The van der Waals surface area contributed by atoms with E-state index in [2.05, 4.69) is 15.9 Å². The molecule has 1 fully saturated rings. The molecule has 1 heterocycles. The van der Waals surface area contributed by atoms with E-state index in [1.807, 2.05) is 24.3 Å². The highest BCUT2D eigenvalue weighted by molar-refractivity contribution is 9.10. The summed E-state index contributed by atoms with van der Waals surface area (Å²) >= 11 is 5.10. The van der Waals surface area contributed by atoms with Crippen LogP contribution in [0.1, 0.15) is 10.9 Å². The summed E-state index contributed by atoms with van der Waals surface area (Å²) in [4.78, 5) is 0.333. The van der Waals surface area contributed by atoms with Gasteiger partial charge in [0.2, 0.25) is 10.0 Å². The number of rotatable bonds is 4. The molecule has 1 atom stereocenters. The van der Waals surface area contributed by atoms with Crippen LogP contribution in [0, 0.1) is 0 Å². The lowest BCUT2D eigenvalue weighted by atomic mass is 10.2. The Morgan fingerprint density at radius 3 is 2.61 bits per heavy atom. The molecule has 1 aliphatic heterocycles. The average molecular weight is 414 g/mol. The molecule has 3 rings (SSSR count). The van der Waals surface area contributed by atoms with Crippen LogP contribution >= 0.6 is 27.7 Å². The molecule has 0 aliphatic carbocycles. The van der Waals surface area contributed by atoms with Gasteiger partial charge in [-0.1, -0.05) is 24.3 Å². The molecule has 0 aromatic heterocycles. The van der Waals surface area contributed by atoms with Crippen LogP contribution in [0.4, 0.5) is 0 Å². The lowest BCUT2D eigenvalue weighted by Crippen LogP contribution is -2.30. The van der Waals surface area contributed by atoms with Gasteiger partial charge in [0.05, 0.1) is 21.9 Å². The van der Waals surface area contributed by atoms with Crippen LogP contribution in [-0.4, -0.2) is 32.1 Å². The van der Waals surface area contributed by atoms with Crippen LogP contribution in [-0.2, 0) is 10.0 Å². The van der Waals surface area contributed by atoms with E-state index in [4.69, 9.17) is 4.74 Å². The van der Waals surface area contributed by atoms with Gasteiger partial charge in [0.1, 0.15) is 5.75 Å². The maximum Gasteiger partial charge on any atom is 0.244 e. The maximum absolute atomic E-state index is 12.9. The highest BCUT2D eigenvalue weighted by Crippen LogP contribution is 2.43. The third-order valence-electron chi connectivity index (χ3n) is 3.66. The molecule has 7 heteroatoms. The number of benzene rings is 2. The van der Waals surface area contributed by atoms with E-state index in [9.17, 15) is 8.42 Å². The van der Waals surface area contributed by atoms with Gasteiger partial charge in [-0.2, -0.15) is 4.31 Å². The third-order valence-corrected chi connectivity index (χ3v) is 7.55. The Hall–Kier alpha value is -1.02. The van der Waals surface area contributed by atoms with Crippen molar-refractivity contribution in [3.8, 4) is 5.75 Å². The molecule has 1 unspecified atom stereocenters. The molecule has 0 bridgehead atoms. The minimum absolute atomic E-state index is 0.220. The Bertz CT molecular complexity index is 796. The largest absolute Gasteiger partial charge is 0.496 e. The van der Waals surface area contributed by atoms with Crippen molar-refractivity contribution in [2.45, 2.75) is 10.3 Å². The van der Waals surface area contributed by atoms with Gasteiger partial charge < -0.3 is 4.74 Å². The van der Waals surface area contributed by atoms with Crippen molar-refractivity contribution >= 4 is 37.7 Å². The van der Waals surface area contributed by atoms with E-state index in [-0.39, 0.29) is 5.37 Å². The Labute approximate surface area is 149 Å². The maximum atomic E-state index is 12.9. The number of sulfonamides is 1. The molecule has 1 saturated heterocycles. The topological polar surface area (TPSA) is 46.6 Å². The number of thioether (sulfide) groups is 1. The summed E-state index contributed by atoms with van der Waals surface area (Å²) < 4.78 is 33.4. The van der Waals surface area contributed by atoms with Crippen molar-refractivity contribution in [1.82, 2.24) is 4.31 Å². The van der Waals surface area contributed by atoms with E-state index >= 15 is 0 Å². The zero-order valence-corrected chi connectivity index (χ0v) is 15.7. The van der Waals surface area contributed by atoms with Crippen molar-refractivity contribution in [2.75, 3.05) is 19.4 Å². The fraction of sp³-hybridized carbons (Fsp3) is 0.250. The Balaban J connectivity index is 1.96. The molecule has 0 N–H and O–H groups in total. The minimum Gasteiger partial charge on any atom is -0.496 e. The molecular formula is C16H16BrNO3S2. The summed E-state index contributed by atoms with van der Waals surface area (Å²) in [6, 6.07) is 14.3. The second kappa shape index (κ2) is 6.84. The highest BCUT2D eigenvalue weighted by atomic mass is 79.9. The second-order valence-electron chi connectivity index (χ2n) is 5.05. The summed E-state index contributed by atoms with van der Waals surface area (Å²) in [7, 11) is -1.89. The molecule has 1 aliphatic rings. The Kier molecular flexibility index (Phi) is 5.01. The number of hydrogen-bond donors (Lipinski definition) is 0. The second-order valence-corrected chi connectivity index (χ2v) is 8.98. The standard InChI is InChI=1S/C16H16BrNO3S2/c1-21-15-8-7-12(11-14(15)17)16-18(9-10-22-16)23(19,20)13-5-3-2-4-6-13/h2-8,11,16H,9-10H2,1H3.